The predicted octanol–water partition coefficient (Wildman–Crippen LogP) is 3.44. The molecule has 0 aliphatic rings. The number of H-pyrrole nitrogens is 1. The van der Waals surface area contributed by atoms with Gasteiger partial charge in [0.1, 0.15) is 12.4 Å². The van der Waals surface area contributed by atoms with Gasteiger partial charge < -0.3 is 10.1 Å². The molecule has 0 saturated heterocycles. The maximum Gasteiger partial charge on any atom is 0.273 e. The number of nitrogens with zero attached hydrogens (tertiary/aromatic N) is 3. The maximum atomic E-state index is 12.2. The van der Waals surface area contributed by atoms with Crippen molar-refractivity contribution in [2.24, 2.45) is 0 Å². The molecule has 1 amide bonds. The predicted molar refractivity (Wildman–Crippen MR) is 91.2 cm³/mol. The number of amides is 1. The maximum absolute atomic E-state index is 12.2. The van der Waals surface area contributed by atoms with E-state index < -0.39 is 0 Å². The summed E-state index contributed by atoms with van der Waals surface area (Å²) in [5.74, 6) is -0.328. The van der Waals surface area contributed by atoms with Gasteiger partial charge in [-0.1, -0.05) is 29.3 Å². The van der Waals surface area contributed by atoms with E-state index in [1.54, 1.807) is 42.3 Å². The largest absolute Gasteiger partial charge is 0.362 e. The van der Waals surface area contributed by atoms with Crippen molar-refractivity contribution in [3.63, 3.8) is 0 Å². The minimum absolute atomic E-state index is 0.307. The Hall–Kier alpha value is -2.35. The van der Waals surface area contributed by atoms with Gasteiger partial charge in [-0.05, 0) is 18.2 Å². The number of carbonyl (C=O) groups is 1. The Labute approximate surface area is 147 Å². The van der Waals surface area contributed by atoms with E-state index in [4.69, 9.17) is 27.9 Å². The van der Waals surface area contributed by atoms with Crippen molar-refractivity contribution in [2.45, 2.75) is 6.73 Å². The van der Waals surface area contributed by atoms with Crippen LogP contribution < -0.4 is 5.32 Å². The zero-order valence-corrected chi connectivity index (χ0v) is 14.1. The number of ether oxygens (including phenoxy) is 1. The van der Waals surface area contributed by atoms with E-state index in [2.05, 4.69) is 20.6 Å². The summed E-state index contributed by atoms with van der Waals surface area (Å²) in [6, 6.07) is 6.78. The fourth-order valence-corrected chi connectivity index (χ4v) is 2.37. The van der Waals surface area contributed by atoms with E-state index >= 15 is 0 Å². The number of hydrogen-bond acceptors (Lipinski definition) is 4. The summed E-state index contributed by atoms with van der Waals surface area (Å²) in [5.41, 5.74) is 2.22. The topological polar surface area (TPSA) is 84.8 Å². The minimum Gasteiger partial charge on any atom is -0.362 e. The summed E-state index contributed by atoms with van der Waals surface area (Å²) < 4.78 is 6.51. The quantitative estimate of drug-likeness (QED) is 0.725. The van der Waals surface area contributed by atoms with Crippen molar-refractivity contribution in [1.82, 2.24) is 20.0 Å². The standard InChI is InChI=1S/C15H13Cl2N5O2/c1-24-8-22-7-10(6-18-22)19-15(23)14-5-13(20-21-14)9-2-3-11(16)12(17)4-9/h2-7H,8H2,1H3,(H,19,23)(H,20,21). The molecule has 0 aliphatic heterocycles. The molecule has 124 valence electrons. The average molecular weight is 366 g/mol. The lowest BCUT2D eigenvalue weighted by molar-refractivity contribution is 0.102. The molecule has 3 aromatic rings. The van der Waals surface area contributed by atoms with Gasteiger partial charge in [0.05, 0.1) is 33.8 Å². The monoisotopic (exact) mass is 365 g/mol. The number of aromatic amines is 1. The Morgan fingerprint density at radius 1 is 1.33 bits per heavy atom. The summed E-state index contributed by atoms with van der Waals surface area (Å²) in [6.07, 6.45) is 3.20. The van der Waals surface area contributed by atoms with Crippen LogP contribution in [0.1, 0.15) is 10.5 Å². The molecule has 1 aromatic carbocycles. The second-order valence-corrected chi connectivity index (χ2v) is 5.75. The average Bonchev–Trinajstić information content (AvgIpc) is 3.20. The molecule has 0 unspecified atom stereocenters. The fraction of sp³-hybridized carbons (Fsp3) is 0.133. The van der Waals surface area contributed by atoms with E-state index in [1.807, 2.05) is 0 Å². The van der Waals surface area contributed by atoms with E-state index in [9.17, 15) is 4.79 Å². The Morgan fingerprint density at radius 2 is 2.17 bits per heavy atom. The van der Waals surface area contributed by atoms with Gasteiger partial charge in [0.25, 0.3) is 5.91 Å². The Kier molecular flexibility index (Phi) is 4.84. The van der Waals surface area contributed by atoms with Crippen LogP contribution in [0.25, 0.3) is 11.3 Å². The van der Waals surface area contributed by atoms with Gasteiger partial charge in [-0.3, -0.25) is 9.89 Å². The molecule has 0 radical (unpaired) electrons. The van der Waals surface area contributed by atoms with E-state index in [0.717, 1.165) is 5.56 Å². The Morgan fingerprint density at radius 3 is 2.92 bits per heavy atom. The third-order valence-electron chi connectivity index (χ3n) is 3.19. The van der Waals surface area contributed by atoms with Gasteiger partial charge in [-0.25, -0.2) is 4.68 Å². The SMILES string of the molecule is COCn1cc(NC(=O)c2cc(-c3ccc(Cl)c(Cl)c3)n[nH]2)cn1. The molecular weight excluding hydrogens is 353 g/mol. The van der Waals surface area contributed by atoms with E-state index in [-0.39, 0.29) is 5.91 Å². The third kappa shape index (κ3) is 3.59. The number of hydrogen-bond donors (Lipinski definition) is 2. The fourth-order valence-electron chi connectivity index (χ4n) is 2.07. The minimum atomic E-state index is -0.328. The first-order valence-corrected chi connectivity index (χ1v) is 7.66. The third-order valence-corrected chi connectivity index (χ3v) is 3.93. The number of anilines is 1. The highest BCUT2D eigenvalue weighted by atomic mass is 35.5. The van der Waals surface area contributed by atoms with Gasteiger partial charge in [0.2, 0.25) is 0 Å². The molecule has 0 aliphatic carbocycles. The molecule has 24 heavy (non-hydrogen) atoms. The highest BCUT2D eigenvalue weighted by Gasteiger charge is 2.13. The van der Waals surface area contributed by atoms with Crippen molar-refractivity contribution >= 4 is 34.8 Å². The van der Waals surface area contributed by atoms with Gasteiger partial charge in [-0.15, -0.1) is 0 Å². The number of methoxy groups -OCH3 is 1. The highest BCUT2D eigenvalue weighted by Crippen LogP contribution is 2.27. The van der Waals surface area contributed by atoms with E-state index in [1.165, 1.54) is 6.20 Å². The summed E-state index contributed by atoms with van der Waals surface area (Å²) >= 11 is 11.9. The zero-order valence-electron chi connectivity index (χ0n) is 12.6. The molecule has 2 aromatic heterocycles. The highest BCUT2D eigenvalue weighted by molar-refractivity contribution is 6.42. The number of halogens is 2. The van der Waals surface area contributed by atoms with Crippen molar-refractivity contribution in [2.75, 3.05) is 12.4 Å². The molecule has 0 fully saturated rings. The van der Waals surface area contributed by atoms with Crippen LogP contribution in [0.5, 0.6) is 0 Å². The molecule has 0 atom stereocenters. The smallest absolute Gasteiger partial charge is 0.273 e. The van der Waals surface area contributed by atoms with Crippen LogP contribution in [0.15, 0.2) is 36.7 Å². The summed E-state index contributed by atoms with van der Waals surface area (Å²) in [6.45, 7) is 0.307. The zero-order chi connectivity index (χ0) is 17.1. The van der Waals surface area contributed by atoms with Crippen LogP contribution in [0.2, 0.25) is 10.0 Å². The Balaban J connectivity index is 1.74. The second kappa shape index (κ2) is 7.04. The number of rotatable bonds is 5. The lowest BCUT2D eigenvalue weighted by Gasteiger charge is -2.00. The lowest BCUT2D eigenvalue weighted by atomic mass is 10.1. The molecule has 0 bridgehead atoms. The molecule has 9 heteroatoms. The van der Waals surface area contributed by atoms with Gasteiger partial charge >= 0.3 is 0 Å². The van der Waals surface area contributed by atoms with Crippen molar-refractivity contribution in [1.29, 1.82) is 0 Å². The van der Waals surface area contributed by atoms with Crippen LogP contribution >= 0.6 is 23.2 Å². The summed E-state index contributed by atoms with van der Waals surface area (Å²) in [5, 5.41) is 14.5. The second-order valence-electron chi connectivity index (χ2n) is 4.94. The van der Waals surface area contributed by atoms with Crippen molar-refractivity contribution < 1.29 is 9.53 Å². The number of benzene rings is 1. The number of nitrogens with one attached hydrogen (secondary N) is 2. The van der Waals surface area contributed by atoms with Gasteiger partial charge in [-0.2, -0.15) is 10.2 Å². The molecule has 2 N–H and O–H groups in total. The summed E-state index contributed by atoms with van der Waals surface area (Å²) in [4.78, 5) is 12.2. The summed E-state index contributed by atoms with van der Waals surface area (Å²) in [7, 11) is 1.56. The van der Waals surface area contributed by atoms with E-state index in [0.29, 0.717) is 33.9 Å². The molecular formula is C15H13Cl2N5O2. The first-order valence-electron chi connectivity index (χ1n) is 6.90. The number of carbonyl (C=O) groups excluding carboxylic acids is 1. The first kappa shape index (κ1) is 16.5. The van der Waals surface area contributed by atoms with Crippen LogP contribution in [0.4, 0.5) is 5.69 Å². The molecule has 7 nitrogen and oxygen atoms in total. The van der Waals surface area contributed by atoms with Crippen molar-refractivity contribution in [3.05, 3.63) is 52.4 Å². The molecule has 0 spiro atoms. The van der Waals surface area contributed by atoms with Crippen LogP contribution in [0, 0.1) is 0 Å². The van der Waals surface area contributed by atoms with Crippen molar-refractivity contribution in [3.8, 4) is 11.3 Å². The normalized spacial score (nSPS) is 10.8. The van der Waals surface area contributed by atoms with Crippen LogP contribution in [-0.2, 0) is 11.5 Å². The van der Waals surface area contributed by atoms with Gasteiger partial charge in [0.15, 0.2) is 0 Å². The number of aromatic nitrogens is 4. The van der Waals surface area contributed by atoms with Crippen LogP contribution in [-0.4, -0.2) is 33.0 Å². The molecule has 3 rings (SSSR count). The first-order chi connectivity index (χ1) is 11.6. The molecule has 0 saturated carbocycles. The van der Waals surface area contributed by atoms with Crippen LogP contribution in [0.3, 0.4) is 0 Å². The Bertz CT molecular complexity index is 874. The molecule has 2 heterocycles. The lowest BCUT2D eigenvalue weighted by Crippen LogP contribution is -2.11. The van der Waals surface area contributed by atoms with Gasteiger partial charge in [0, 0.05) is 12.7 Å².